The summed E-state index contributed by atoms with van der Waals surface area (Å²) in [5.41, 5.74) is 1.53. The van der Waals surface area contributed by atoms with Crippen LogP contribution in [0.5, 0.6) is 0 Å². The lowest BCUT2D eigenvalue weighted by Gasteiger charge is -2.13. The van der Waals surface area contributed by atoms with Gasteiger partial charge in [0, 0.05) is 33.5 Å². The number of aliphatic hydroxyl groups excluding tert-OH is 1. The molecule has 0 amide bonds. The SMILES string of the molecule is OC(Cc1ccc(Cl)s1)c1ccc(Cl)c2cccnc12. The fourth-order valence-corrected chi connectivity index (χ4v) is 3.53. The second kappa shape index (κ2) is 5.70. The molecule has 3 rings (SSSR count). The maximum atomic E-state index is 10.5. The second-order valence-electron chi connectivity index (χ2n) is 4.46. The van der Waals surface area contributed by atoms with Gasteiger partial charge in [0.05, 0.1) is 16.0 Å². The normalized spacial score (nSPS) is 12.8. The van der Waals surface area contributed by atoms with Gasteiger partial charge < -0.3 is 5.11 Å². The van der Waals surface area contributed by atoms with Crippen molar-refractivity contribution in [1.82, 2.24) is 4.98 Å². The number of rotatable bonds is 3. The highest BCUT2D eigenvalue weighted by Gasteiger charge is 2.15. The summed E-state index contributed by atoms with van der Waals surface area (Å²) in [5, 5.41) is 12.0. The Morgan fingerprint density at radius 1 is 1.15 bits per heavy atom. The van der Waals surface area contributed by atoms with Gasteiger partial charge in [-0.05, 0) is 30.3 Å². The van der Waals surface area contributed by atoms with Crippen LogP contribution in [0.15, 0.2) is 42.6 Å². The number of thiophene rings is 1. The molecule has 1 aromatic carbocycles. The summed E-state index contributed by atoms with van der Waals surface area (Å²) < 4.78 is 0.728. The number of hydrogen-bond acceptors (Lipinski definition) is 3. The van der Waals surface area contributed by atoms with Gasteiger partial charge in [-0.3, -0.25) is 4.98 Å². The monoisotopic (exact) mass is 323 g/mol. The van der Waals surface area contributed by atoms with Crippen LogP contribution in [0.1, 0.15) is 16.5 Å². The largest absolute Gasteiger partial charge is 0.388 e. The summed E-state index contributed by atoms with van der Waals surface area (Å²) >= 11 is 13.6. The van der Waals surface area contributed by atoms with Crippen LogP contribution in [-0.2, 0) is 6.42 Å². The summed E-state index contributed by atoms with van der Waals surface area (Å²) in [6.07, 6.45) is 1.60. The highest BCUT2D eigenvalue weighted by Crippen LogP contribution is 2.31. The van der Waals surface area contributed by atoms with Gasteiger partial charge in [0.1, 0.15) is 0 Å². The Bertz CT molecular complexity index is 756. The minimum absolute atomic E-state index is 0.519. The number of fused-ring (bicyclic) bond motifs is 1. The molecule has 0 radical (unpaired) electrons. The molecule has 2 heterocycles. The quantitative estimate of drug-likeness (QED) is 0.745. The maximum absolute atomic E-state index is 10.5. The van der Waals surface area contributed by atoms with Crippen LogP contribution in [0, 0.1) is 0 Å². The van der Waals surface area contributed by atoms with Crippen molar-refractivity contribution in [3.8, 4) is 0 Å². The van der Waals surface area contributed by atoms with E-state index in [0.29, 0.717) is 11.4 Å². The first-order chi connectivity index (χ1) is 9.65. The molecule has 3 aromatic rings. The molecule has 1 N–H and O–H groups in total. The molecule has 0 aliphatic rings. The number of benzene rings is 1. The zero-order valence-electron chi connectivity index (χ0n) is 10.4. The van der Waals surface area contributed by atoms with E-state index in [2.05, 4.69) is 4.98 Å². The summed E-state index contributed by atoms with van der Waals surface area (Å²) in [5.74, 6) is 0. The second-order valence-corrected chi connectivity index (χ2v) is 6.67. The molecule has 102 valence electrons. The summed E-state index contributed by atoms with van der Waals surface area (Å²) in [6.45, 7) is 0. The molecule has 20 heavy (non-hydrogen) atoms. The molecule has 0 fully saturated rings. The molecule has 0 aliphatic heterocycles. The Labute approximate surface area is 130 Å². The summed E-state index contributed by atoms with van der Waals surface area (Å²) in [4.78, 5) is 5.39. The van der Waals surface area contributed by atoms with Crippen LogP contribution in [0.25, 0.3) is 10.9 Å². The van der Waals surface area contributed by atoms with Crippen molar-refractivity contribution in [2.45, 2.75) is 12.5 Å². The Morgan fingerprint density at radius 3 is 2.75 bits per heavy atom. The van der Waals surface area contributed by atoms with Crippen molar-refractivity contribution >= 4 is 45.4 Å². The van der Waals surface area contributed by atoms with E-state index in [1.54, 1.807) is 12.3 Å². The molecule has 0 saturated carbocycles. The Kier molecular flexibility index (Phi) is 3.94. The Morgan fingerprint density at radius 2 is 2.00 bits per heavy atom. The van der Waals surface area contributed by atoms with Crippen molar-refractivity contribution in [3.63, 3.8) is 0 Å². The average molecular weight is 324 g/mol. The molecule has 1 atom stereocenters. The van der Waals surface area contributed by atoms with Crippen LogP contribution < -0.4 is 0 Å². The van der Waals surface area contributed by atoms with E-state index < -0.39 is 6.10 Å². The molecular formula is C15H11Cl2NOS. The highest BCUT2D eigenvalue weighted by molar-refractivity contribution is 7.16. The third-order valence-corrected chi connectivity index (χ3v) is 4.71. The summed E-state index contributed by atoms with van der Waals surface area (Å²) in [6, 6.07) is 11.1. The molecule has 0 spiro atoms. The van der Waals surface area contributed by atoms with Crippen molar-refractivity contribution in [3.05, 3.63) is 62.4 Å². The fourth-order valence-electron chi connectivity index (χ4n) is 2.19. The van der Waals surface area contributed by atoms with Gasteiger partial charge in [-0.2, -0.15) is 0 Å². The molecular weight excluding hydrogens is 313 g/mol. The van der Waals surface area contributed by atoms with Crippen LogP contribution in [0.3, 0.4) is 0 Å². The molecule has 0 saturated heterocycles. The van der Waals surface area contributed by atoms with Gasteiger partial charge in [0.15, 0.2) is 0 Å². The smallest absolute Gasteiger partial charge is 0.0931 e. The lowest BCUT2D eigenvalue weighted by molar-refractivity contribution is 0.181. The molecule has 2 aromatic heterocycles. The van der Waals surface area contributed by atoms with Gasteiger partial charge in [-0.1, -0.05) is 29.3 Å². The van der Waals surface area contributed by atoms with E-state index in [9.17, 15) is 5.11 Å². The number of aromatic nitrogens is 1. The number of pyridine rings is 1. The van der Waals surface area contributed by atoms with Crippen LogP contribution in [0.2, 0.25) is 9.36 Å². The van der Waals surface area contributed by atoms with Crippen molar-refractivity contribution < 1.29 is 5.11 Å². The molecule has 0 bridgehead atoms. The van der Waals surface area contributed by atoms with E-state index >= 15 is 0 Å². The van der Waals surface area contributed by atoms with Crippen molar-refractivity contribution in [1.29, 1.82) is 0 Å². The van der Waals surface area contributed by atoms with Crippen molar-refractivity contribution in [2.24, 2.45) is 0 Å². The van der Waals surface area contributed by atoms with Gasteiger partial charge in [0.2, 0.25) is 0 Å². The zero-order valence-corrected chi connectivity index (χ0v) is 12.7. The first-order valence-corrected chi connectivity index (χ1v) is 7.68. The minimum atomic E-state index is -0.626. The number of aliphatic hydroxyl groups is 1. The van der Waals surface area contributed by atoms with E-state index in [-0.39, 0.29) is 0 Å². The van der Waals surface area contributed by atoms with E-state index in [1.165, 1.54) is 11.3 Å². The first-order valence-electron chi connectivity index (χ1n) is 6.10. The minimum Gasteiger partial charge on any atom is -0.388 e. The number of hydrogen-bond donors (Lipinski definition) is 1. The predicted octanol–water partition coefficient (Wildman–Crippen LogP) is 4.88. The van der Waals surface area contributed by atoms with Crippen LogP contribution >= 0.6 is 34.5 Å². The molecule has 5 heteroatoms. The molecule has 1 unspecified atom stereocenters. The van der Waals surface area contributed by atoms with Crippen molar-refractivity contribution in [2.75, 3.05) is 0 Å². The standard InChI is InChI=1S/C15H11Cl2NOS/c16-12-5-4-11(15-10(12)2-1-7-18-15)13(19)8-9-3-6-14(17)20-9/h1-7,13,19H,8H2. The summed E-state index contributed by atoms with van der Waals surface area (Å²) in [7, 11) is 0. The van der Waals surface area contributed by atoms with E-state index in [0.717, 1.165) is 25.7 Å². The first kappa shape index (κ1) is 13.8. The van der Waals surface area contributed by atoms with Crippen LogP contribution in [-0.4, -0.2) is 10.1 Å². The highest BCUT2D eigenvalue weighted by atomic mass is 35.5. The third kappa shape index (κ3) is 2.67. The average Bonchev–Trinajstić information content (AvgIpc) is 2.84. The van der Waals surface area contributed by atoms with E-state index in [1.807, 2.05) is 30.3 Å². The number of halogens is 2. The fraction of sp³-hybridized carbons (Fsp3) is 0.133. The maximum Gasteiger partial charge on any atom is 0.0931 e. The lowest BCUT2D eigenvalue weighted by Crippen LogP contribution is -2.02. The van der Waals surface area contributed by atoms with Gasteiger partial charge in [0.25, 0.3) is 0 Å². The van der Waals surface area contributed by atoms with Gasteiger partial charge in [-0.25, -0.2) is 0 Å². The van der Waals surface area contributed by atoms with Gasteiger partial charge in [-0.15, -0.1) is 11.3 Å². The number of nitrogens with zero attached hydrogens (tertiary/aromatic N) is 1. The molecule has 0 aliphatic carbocycles. The zero-order chi connectivity index (χ0) is 14.1. The Hall–Kier alpha value is -1.13. The Balaban J connectivity index is 1.99. The third-order valence-electron chi connectivity index (χ3n) is 3.13. The lowest BCUT2D eigenvalue weighted by atomic mass is 10.0. The topological polar surface area (TPSA) is 33.1 Å². The van der Waals surface area contributed by atoms with E-state index in [4.69, 9.17) is 23.2 Å². The molecule has 2 nitrogen and oxygen atoms in total. The predicted molar refractivity (Wildman–Crippen MR) is 84.7 cm³/mol. The van der Waals surface area contributed by atoms with Gasteiger partial charge >= 0.3 is 0 Å². The van der Waals surface area contributed by atoms with Crippen LogP contribution in [0.4, 0.5) is 0 Å².